The molecule has 0 saturated heterocycles. The molecule has 18 heavy (non-hydrogen) atoms. The predicted octanol–water partition coefficient (Wildman–Crippen LogP) is 1.26. The largest absolute Gasteiger partial charge is 0.462 e. The predicted molar refractivity (Wildman–Crippen MR) is 71.8 cm³/mol. The Balaban J connectivity index is 3.14. The SMILES string of the molecule is CCOC(=O)c1cc(N)ccc1N(C)C(C)CO. The van der Waals surface area contributed by atoms with E-state index in [1.54, 1.807) is 25.1 Å². The first-order chi connectivity index (χ1) is 8.51. The van der Waals surface area contributed by atoms with Crippen LogP contribution in [0.5, 0.6) is 0 Å². The van der Waals surface area contributed by atoms with Gasteiger partial charge in [0, 0.05) is 18.8 Å². The Morgan fingerprint density at radius 1 is 1.56 bits per heavy atom. The fraction of sp³-hybridized carbons (Fsp3) is 0.462. The second-order valence-electron chi connectivity index (χ2n) is 4.14. The third-order valence-electron chi connectivity index (χ3n) is 2.82. The van der Waals surface area contributed by atoms with E-state index in [4.69, 9.17) is 10.5 Å². The number of hydrogen-bond acceptors (Lipinski definition) is 5. The summed E-state index contributed by atoms with van der Waals surface area (Å²) < 4.78 is 5.00. The van der Waals surface area contributed by atoms with Gasteiger partial charge in [0.25, 0.3) is 0 Å². The van der Waals surface area contributed by atoms with Gasteiger partial charge in [-0.3, -0.25) is 0 Å². The molecule has 1 rings (SSSR count). The van der Waals surface area contributed by atoms with Gasteiger partial charge in [-0.2, -0.15) is 0 Å². The van der Waals surface area contributed by atoms with E-state index in [2.05, 4.69) is 0 Å². The van der Waals surface area contributed by atoms with Crippen LogP contribution in [-0.4, -0.2) is 37.4 Å². The Bertz CT molecular complexity index is 421. The number of nitrogens with two attached hydrogens (primary N) is 1. The van der Waals surface area contributed by atoms with Crippen LogP contribution >= 0.6 is 0 Å². The van der Waals surface area contributed by atoms with Crippen LogP contribution in [0.15, 0.2) is 18.2 Å². The van der Waals surface area contributed by atoms with Gasteiger partial charge in [-0.1, -0.05) is 0 Å². The number of carbonyl (C=O) groups excluding carboxylic acids is 1. The molecule has 0 radical (unpaired) electrons. The van der Waals surface area contributed by atoms with Crippen LogP contribution in [0.1, 0.15) is 24.2 Å². The second-order valence-corrected chi connectivity index (χ2v) is 4.14. The molecule has 1 unspecified atom stereocenters. The third kappa shape index (κ3) is 3.13. The lowest BCUT2D eigenvalue weighted by Gasteiger charge is -2.27. The van der Waals surface area contributed by atoms with E-state index in [-0.39, 0.29) is 12.6 Å². The van der Waals surface area contributed by atoms with Gasteiger partial charge in [0.15, 0.2) is 0 Å². The average molecular weight is 252 g/mol. The molecule has 0 bridgehead atoms. The van der Waals surface area contributed by atoms with Crippen molar-refractivity contribution in [3.8, 4) is 0 Å². The minimum absolute atomic E-state index is 0.00312. The van der Waals surface area contributed by atoms with Gasteiger partial charge in [-0.15, -0.1) is 0 Å². The topological polar surface area (TPSA) is 75.8 Å². The molecule has 5 heteroatoms. The number of ether oxygens (including phenoxy) is 1. The van der Waals surface area contributed by atoms with Crippen molar-refractivity contribution in [2.75, 3.05) is 30.9 Å². The number of rotatable bonds is 5. The van der Waals surface area contributed by atoms with Gasteiger partial charge in [0.2, 0.25) is 0 Å². The standard InChI is InChI=1S/C13H20N2O3/c1-4-18-13(17)11-7-10(14)5-6-12(11)15(3)9(2)8-16/h5-7,9,16H,4,8,14H2,1-3H3. The zero-order chi connectivity index (χ0) is 13.7. The number of nitrogens with zero attached hydrogens (tertiary/aromatic N) is 1. The van der Waals surface area contributed by atoms with Crippen LogP contribution < -0.4 is 10.6 Å². The molecule has 0 fully saturated rings. The Kier molecular flexibility index (Phi) is 4.97. The summed E-state index contributed by atoms with van der Waals surface area (Å²) in [5.74, 6) is -0.406. The van der Waals surface area contributed by atoms with Crippen LogP contribution in [-0.2, 0) is 4.74 Å². The second kappa shape index (κ2) is 6.26. The van der Waals surface area contributed by atoms with Crippen molar-refractivity contribution in [2.45, 2.75) is 19.9 Å². The number of likely N-dealkylation sites (N-methyl/N-ethyl adjacent to an activating group) is 1. The normalized spacial score (nSPS) is 12.0. The average Bonchev–Trinajstić information content (AvgIpc) is 2.37. The Morgan fingerprint density at radius 2 is 2.22 bits per heavy atom. The minimum atomic E-state index is -0.406. The van der Waals surface area contributed by atoms with Gasteiger partial charge in [0.1, 0.15) is 0 Å². The van der Waals surface area contributed by atoms with Crippen LogP contribution in [0, 0.1) is 0 Å². The first-order valence-electron chi connectivity index (χ1n) is 5.91. The summed E-state index contributed by atoms with van der Waals surface area (Å²) in [6, 6.07) is 4.97. The zero-order valence-corrected chi connectivity index (χ0v) is 11.0. The monoisotopic (exact) mass is 252 g/mol. The first-order valence-corrected chi connectivity index (χ1v) is 5.91. The Labute approximate surface area is 107 Å². The van der Waals surface area contributed by atoms with Crippen molar-refractivity contribution < 1.29 is 14.6 Å². The summed E-state index contributed by atoms with van der Waals surface area (Å²) in [4.78, 5) is 13.7. The lowest BCUT2D eigenvalue weighted by molar-refractivity contribution is 0.0527. The molecule has 3 N–H and O–H groups in total. The van der Waals surface area contributed by atoms with Gasteiger partial charge in [-0.25, -0.2) is 4.79 Å². The third-order valence-corrected chi connectivity index (χ3v) is 2.82. The minimum Gasteiger partial charge on any atom is -0.462 e. The summed E-state index contributed by atoms with van der Waals surface area (Å²) in [5.41, 5.74) is 7.32. The van der Waals surface area contributed by atoms with Crippen LogP contribution in [0.4, 0.5) is 11.4 Å². The van der Waals surface area contributed by atoms with Crippen molar-refractivity contribution in [3.63, 3.8) is 0 Å². The molecule has 0 aromatic heterocycles. The quantitative estimate of drug-likeness (QED) is 0.609. The molecule has 0 aliphatic rings. The number of carbonyl (C=O) groups is 1. The van der Waals surface area contributed by atoms with Crippen LogP contribution in [0.3, 0.4) is 0 Å². The maximum atomic E-state index is 11.9. The summed E-state index contributed by atoms with van der Waals surface area (Å²) in [7, 11) is 1.81. The highest BCUT2D eigenvalue weighted by atomic mass is 16.5. The highest BCUT2D eigenvalue weighted by molar-refractivity contribution is 5.97. The fourth-order valence-electron chi connectivity index (χ4n) is 1.59. The van der Waals surface area contributed by atoms with Gasteiger partial charge in [0.05, 0.1) is 24.5 Å². The molecular formula is C13H20N2O3. The maximum Gasteiger partial charge on any atom is 0.340 e. The molecule has 1 aromatic carbocycles. The first kappa shape index (κ1) is 14.3. The van der Waals surface area contributed by atoms with Crippen molar-refractivity contribution in [2.24, 2.45) is 0 Å². The van der Waals surface area contributed by atoms with E-state index >= 15 is 0 Å². The van der Waals surface area contributed by atoms with Gasteiger partial charge < -0.3 is 20.5 Å². The molecule has 1 atom stereocenters. The summed E-state index contributed by atoms with van der Waals surface area (Å²) >= 11 is 0. The number of aliphatic hydroxyl groups is 1. The lowest BCUT2D eigenvalue weighted by atomic mass is 10.1. The molecule has 0 amide bonds. The number of esters is 1. The van der Waals surface area contributed by atoms with Crippen molar-refractivity contribution in [1.29, 1.82) is 0 Å². The number of hydrogen-bond donors (Lipinski definition) is 2. The number of benzene rings is 1. The van der Waals surface area contributed by atoms with E-state index in [0.29, 0.717) is 23.5 Å². The summed E-state index contributed by atoms with van der Waals surface area (Å²) in [6.45, 7) is 3.94. The van der Waals surface area contributed by atoms with Crippen LogP contribution in [0.25, 0.3) is 0 Å². The maximum absolute atomic E-state index is 11.9. The Morgan fingerprint density at radius 3 is 2.78 bits per heavy atom. The van der Waals surface area contributed by atoms with E-state index in [0.717, 1.165) is 0 Å². The van der Waals surface area contributed by atoms with E-state index in [1.807, 2.05) is 18.9 Å². The molecular weight excluding hydrogens is 232 g/mol. The van der Waals surface area contributed by atoms with Crippen molar-refractivity contribution in [1.82, 2.24) is 0 Å². The fourth-order valence-corrected chi connectivity index (χ4v) is 1.59. The molecule has 0 heterocycles. The molecule has 1 aromatic rings. The van der Waals surface area contributed by atoms with Crippen molar-refractivity contribution >= 4 is 17.3 Å². The number of nitrogen functional groups attached to an aromatic ring is 1. The number of anilines is 2. The van der Waals surface area contributed by atoms with E-state index in [9.17, 15) is 9.90 Å². The molecule has 0 saturated carbocycles. The molecule has 100 valence electrons. The number of aliphatic hydroxyl groups excluding tert-OH is 1. The van der Waals surface area contributed by atoms with E-state index in [1.165, 1.54) is 0 Å². The summed E-state index contributed by atoms with van der Waals surface area (Å²) in [5, 5.41) is 9.17. The highest BCUT2D eigenvalue weighted by Crippen LogP contribution is 2.24. The highest BCUT2D eigenvalue weighted by Gasteiger charge is 2.18. The zero-order valence-electron chi connectivity index (χ0n) is 11.0. The lowest BCUT2D eigenvalue weighted by Crippen LogP contribution is -2.33. The molecule has 0 aliphatic heterocycles. The van der Waals surface area contributed by atoms with Gasteiger partial charge >= 0.3 is 5.97 Å². The molecule has 5 nitrogen and oxygen atoms in total. The van der Waals surface area contributed by atoms with Crippen molar-refractivity contribution in [3.05, 3.63) is 23.8 Å². The summed E-state index contributed by atoms with van der Waals surface area (Å²) in [6.07, 6.45) is 0. The van der Waals surface area contributed by atoms with Gasteiger partial charge in [-0.05, 0) is 32.0 Å². The molecule has 0 spiro atoms. The van der Waals surface area contributed by atoms with E-state index < -0.39 is 5.97 Å². The Hall–Kier alpha value is -1.75. The molecule has 0 aliphatic carbocycles. The van der Waals surface area contributed by atoms with Crippen LogP contribution in [0.2, 0.25) is 0 Å². The smallest absolute Gasteiger partial charge is 0.340 e.